The molecule has 4 heteroatoms. The number of allylic oxidation sites excluding steroid dienone is 1. The lowest BCUT2D eigenvalue weighted by atomic mass is 9.78. The molecule has 1 saturated heterocycles. The third kappa shape index (κ3) is 2.37. The van der Waals surface area contributed by atoms with Gasteiger partial charge in [0.1, 0.15) is 5.92 Å². The van der Waals surface area contributed by atoms with Crippen LogP contribution in [0.15, 0.2) is 35.9 Å². The van der Waals surface area contributed by atoms with Crippen molar-refractivity contribution in [2.24, 2.45) is 5.92 Å². The zero-order valence-electron chi connectivity index (χ0n) is 14.3. The van der Waals surface area contributed by atoms with Crippen LogP contribution in [0.1, 0.15) is 30.5 Å². The Morgan fingerprint density at radius 1 is 1.33 bits per heavy atom. The maximum atomic E-state index is 12.7. The summed E-state index contributed by atoms with van der Waals surface area (Å²) in [5.41, 5.74) is 4.83. The van der Waals surface area contributed by atoms with E-state index in [1.54, 1.807) is 0 Å². The van der Waals surface area contributed by atoms with Crippen LogP contribution >= 0.6 is 0 Å². The molecule has 4 heterocycles. The average Bonchev–Trinajstić information content (AvgIpc) is 3.02. The SMILES string of the molecule is CC=C1CN2CCc3c([nH]c4ccccc34)C(C(=O)OC)C1CC2. The van der Waals surface area contributed by atoms with Gasteiger partial charge in [-0.2, -0.15) is 0 Å². The molecule has 1 fully saturated rings. The minimum Gasteiger partial charge on any atom is -0.468 e. The summed E-state index contributed by atoms with van der Waals surface area (Å²) in [4.78, 5) is 18.8. The highest BCUT2D eigenvalue weighted by atomic mass is 16.5. The number of carbonyl (C=O) groups excluding carboxylic acids is 1. The Morgan fingerprint density at radius 2 is 2.17 bits per heavy atom. The van der Waals surface area contributed by atoms with Crippen molar-refractivity contribution in [3.63, 3.8) is 0 Å². The molecule has 2 bridgehead atoms. The van der Waals surface area contributed by atoms with Gasteiger partial charge in [-0.05, 0) is 37.9 Å². The fraction of sp³-hybridized carbons (Fsp3) is 0.450. The molecule has 126 valence electrons. The number of nitrogens with one attached hydrogen (secondary N) is 1. The molecule has 1 aromatic heterocycles. The van der Waals surface area contributed by atoms with Gasteiger partial charge in [0.05, 0.1) is 7.11 Å². The molecule has 0 spiro atoms. The number of nitrogens with zero attached hydrogens (tertiary/aromatic N) is 1. The van der Waals surface area contributed by atoms with E-state index in [0.717, 1.165) is 43.7 Å². The molecular formula is C20H24N2O2. The van der Waals surface area contributed by atoms with Crippen molar-refractivity contribution in [3.05, 3.63) is 47.2 Å². The number of carbonyl (C=O) groups is 1. The van der Waals surface area contributed by atoms with Gasteiger partial charge in [0, 0.05) is 35.6 Å². The summed E-state index contributed by atoms with van der Waals surface area (Å²) in [7, 11) is 1.50. The summed E-state index contributed by atoms with van der Waals surface area (Å²) in [5.74, 6) is -0.130. The zero-order chi connectivity index (χ0) is 16.7. The van der Waals surface area contributed by atoms with Crippen molar-refractivity contribution in [1.29, 1.82) is 0 Å². The molecule has 24 heavy (non-hydrogen) atoms. The second kappa shape index (κ2) is 6.10. The molecule has 3 aliphatic heterocycles. The lowest BCUT2D eigenvalue weighted by Gasteiger charge is -2.35. The fourth-order valence-electron chi connectivity index (χ4n) is 4.47. The van der Waals surface area contributed by atoms with E-state index in [4.69, 9.17) is 4.74 Å². The molecule has 3 atom stereocenters. The molecule has 1 aromatic carbocycles. The summed E-state index contributed by atoms with van der Waals surface area (Å²) < 4.78 is 5.22. The Bertz CT molecular complexity index is 805. The normalized spacial score (nSPS) is 28.2. The van der Waals surface area contributed by atoms with Crippen molar-refractivity contribution in [2.75, 3.05) is 26.7 Å². The van der Waals surface area contributed by atoms with Crippen LogP contribution in [0.4, 0.5) is 0 Å². The lowest BCUT2D eigenvalue weighted by Crippen LogP contribution is -2.39. The fourth-order valence-corrected chi connectivity index (χ4v) is 4.47. The van der Waals surface area contributed by atoms with Crippen LogP contribution in [0.25, 0.3) is 10.9 Å². The van der Waals surface area contributed by atoms with Crippen molar-refractivity contribution in [1.82, 2.24) is 9.88 Å². The molecule has 0 amide bonds. The Balaban J connectivity index is 1.94. The first-order valence-electron chi connectivity index (χ1n) is 8.77. The van der Waals surface area contributed by atoms with Crippen LogP contribution in [-0.4, -0.2) is 42.6 Å². The highest BCUT2D eigenvalue weighted by Gasteiger charge is 2.39. The van der Waals surface area contributed by atoms with Crippen LogP contribution in [0.3, 0.4) is 0 Å². The molecule has 2 aromatic rings. The number of aromatic amines is 1. The van der Waals surface area contributed by atoms with E-state index in [1.165, 1.54) is 23.6 Å². The summed E-state index contributed by atoms with van der Waals surface area (Å²) in [6.45, 7) is 5.14. The maximum Gasteiger partial charge on any atom is 0.315 e. The summed E-state index contributed by atoms with van der Waals surface area (Å²) >= 11 is 0. The maximum absolute atomic E-state index is 12.7. The minimum atomic E-state index is -0.233. The number of H-pyrrole nitrogens is 1. The quantitative estimate of drug-likeness (QED) is 0.647. The third-order valence-electron chi connectivity index (χ3n) is 5.70. The first kappa shape index (κ1) is 15.5. The van der Waals surface area contributed by atoms with Gasteiger partial charge < -0.3 is 9.72 Å². The van der Waals surface area contributed by atoms with E-state index < -0.39 is 0 Å². The number of methoxy groups -OCH3 is 1. The van der Waals surface area contributed by atoms with Crippen molar-refractivity contribution in [3.8, 4) is 0 Å². The van der Waals surface area contributed by atoms with E-state index >= 15 is 0 Å². The molecule has 0 radical (unpaired) electrons. The molecule has 4 nitrogen and oxygen atoms in total. The van der Waals surface area contributed by atoms with Crippen LogP contribution in [0.5, 0.6) is 0 Å². The van der Waals surface area contributed by atoms with E-state index in [0.29, 0.717) is 0 Å². The predicted molar refractivity (Wildman–Crippen MR) is 95.1 cm³/mol. The zero-order valence-corrected chi connectivity index (χ0v) is 14.3. The van der Waals surface area contributed by atoms with Crippen molar-refractivity contribution in [2.45, 2.75) is 25.7 Å². The number of rotatable bonds is 1. The number of fused-ring (bicyclic) bond motifs is 4. The molecule has 3 aliphatic rings. The molecule has 0 saturated carbocycles. The van der Waals surface area contributed by atoms with Gasteiger partial charge in [-0.1, -0.05) is 29.8 Å². The number of esters is 1. The summed E-state index contributed by atoms with van der Waals surface area (Å²) in [5, 5.41) is 1.24. The highest BCUT2D eigenvalue weighted by Crippen LogP contribution is 2.41. The smallest absolute Gasteiger partial charge is 0.315 e. The van der Waals surface area contributed by atoms with Gasteiger partial charge in [-0.3, -0.25) is 9.69 Å². The van der Waals surface area contributed by atoms with Crippen LogP contribution in [0.2, 0.25) is 0 Å². The Kier molecular flexibility index (Phi) is 3.93. The molecule has 0 aliphatic carbocycles. The number of hydrogen-bond donors (Lipinski definition) is 1. The van der Waals surface area contributed by atoms with Crippen molar-refractivity contribution < 1.29 is 9.53 Å². The summed E-state index contributed by atoms with van der Waals surface area (Å²) in [6.07, 6.45) is 4.17. The van der Waals surface area contributed by atoms with Gasteiger partial charge >= 0.3 is 5.97 Å². The number of para-hydroxylation sites is 1. The predicted octanol–water partition coefficient (Wildman–Crippen LogP) is 3.25. The third-order valence-corrected chi connectivity index (χ3v) is 5.70. The van der Waals surface area contributed by atoms with Gasteiger partial charge in [-0.25, -0.2) is 0 Å². The number of hydrogen-bond acceptors (Lipinski definition) is 3. The molecular weight excluding hydrogens is 300 g/mol. The van der Waals surface area contributed by atoms with E-state index in [2.05, 4.69) is 41.1 Å². The van der Waals surface area contributed by atoms with Crippen LogP contribution in [-0.2, 0) is 16.0 Å². The Labute approximate surface area is 142 Å². The van der Waals surface area contributed by atoms with Gasteiger partial charge in [0.25, 0.3) is 0 Å². The van der Waals surface area contributed by atoms with Gasteiger partial charge in [-0.15, -0.1) is 0 Å². The van der Waals surface area contributed by atoms with Gasteiger partial charge in [0.15, 0.2) is 0 Å². The minimum absolute atomic E-state index is 0.123. The van der Waals surface area contributed by atoms with Gasteiger partial charge in [0.2, 0.25) is 0 Å². The monoisotopic (exact) mass is 324 g/mol. The summed E-state index contributed by atoms with van der Waals surface area (Å²) in [6, 6.07) is 8.36. The van der Waals surface area contributed by atoms with E-state index in [-0.39, 0.29) is 17.8 Å². The number of benzene rings is 1. The standard InChI is InChI=1S/C20H24N2O2/c1-3-13-12-22-10-8-14(13)18(20(23)24-2)19-16(9-11-22)15-6-4-5-7-17(15)21-19/h3-7,14,18,21H,8-12H2,1-2H3. The van der Waals surface area contributed by atoms with Crippen molar-refractivity contribution >= 4 is 16.9 Å². The molecule has 5 rings (SSSR count). The average molecular weight is 324 g/mol. The Morgan fingerprint density at radius 3 is 2.96 bits per heavy atom. The topological polar surface area (TPSA) is 45.3 Å². The number of ether oxygens (including phenoxy) is 1. The first-order chi connectivity index (χ1) is 11.7. The van der Waals surface area contributed by atoms with Crippen LogP contribution < -0.4 is 0 Å². The van der Waals surface area contributed by atoms with E-state index in [9.17, 15) is 4.79 Å². The molecule has 3 unspecified atom stereocenters. The molecule has 1 N–H and O–H groups in total. The highest BCUT2D eigenvalue weighted by molar-refractivity contribution is 5.88. The second-order valence-corrected chi connectivity index (χ2v) is 6.85. The second-order valence-electron chi connectivity index (χ2n) is 6.85. The van der Waals surface area contributed by atoms with E-state index in [1.807, 2.05) is 6.07 Å². The number of aromatic nitrogens is 1. The Hall–Kier alpha value is -2.07. The van der Waals surface area contributed by atoms with Crippen LogP contribution in [0, 0.1) is 5.92 Å². The lowest BCUT2D eigenvalue weighted by molar-refractivity contribution is -0.143. The first-order valence-corrected chi connectivity index (χ1v) is 8.77. The number of piperidine rings is 1. The largest absolute Gasteiger partial charge is 0.468 e.